The Hall–Kier alpha value is -1.39. The molecule has 1 aromatic carbocycles. The maximum Gasteiger partial charge on any atom is 0.141 e. The van der Waals surface area contributed by atoms with Gasteiger partial charge < -0.3 is 14.9 Å². The number of benzene rings is 1. The molecule has 2 N–H and O–H groups in total. The predicted molar refractivity (Wildman–Crippen MR) is 117 cm³/mol. The van der Waals surface area contributed by atoms with Gasteiger partial charge in [-0.15, -0.1) is 0 Å². The van der Waals surface area contributed by atoms with Gasteiger partial charge in [0.2, 0.25) is 0 Å². The van der Waals surface area contributed by atoms with Gasteiger partial charge in [0.25, 0.3) is 0 Å². The van der Waals surface area contributed by atoms with Gasteiger partial charge in [-0.25, -0.2) is 0 Å². The van der Waals surface area contributed by atoms with E-state index in [0.717, 1.165) is 31.2 Å². The second kappa shape index (κ2) is 6.14. The van der Waals surface area contributed by atoms with Crippen molar-refractivity contribution in [3.8, 4) is 5.75 Å². The van der Waals surface area contributed by atoms with E-state index in [-0.39, 0.29) is 40.0 Å². The molecule has 5 aliphatic rings. The summed E-state index contributed by atoms with van der Waals surface area (Å²) < 4.78 is 5.79. The van der Waals surface area contributed by atoms with Gasteiger partial charge in [-0.1, -0.05) is 32.0 Å². The number of Topliss-reactive ketones (excluding diaryl/α,β-unsaturated/α-hetero) is 1. The number of hydrogen-bond donors (Lipinski definition) is 2. The number of fused-ring (bicyclic) bond motifs is 2. The molecule has 5 saturated carbocycles. The Morgan fingerprint density at radius 2 is 1.87 bits per heavy atom. The lowest BCUT2D eigenvalue weighted by Gasteiger charge is -2.61. The van der Waals surface area contributed by atoms with Crippen LogP contribution in [-0.4, -0.2) is 34.8 Å². The minimum atomic E-state index is -1.02. The summed E-state index contributed by atoms with van der Waals surface area (Å²) in [6.07, 6.45) is 7.88. The summed E-state index contributed by atoms with van der Waals surface area (Å²) in [6, 6.07) is 7.74. The fourth-order valence-electron chi connectivity index (χ4n) is 10.3. The van der Waals surface area contributed by atoms with Crippen LogP contribution in [0.3, 0.4) is 0 Å². The van der Waals surface area contributed by atoms with Gasteiger partial charge in [-0.2, -0.15) is 0 Å². The quantitative estimate of drug-likeness (QED) is 0.749. The van der Waals surface area contributed by atoms with Crippen molar-refractivity contribution < 1.29 is 19.7 Å². The highest BCUT2D eigenvalue weighted by molar-refractivity contribution is 5.88. The van der Waals surface area contributed by atoms with Crippen LogP contribution in [0.15, 0.2) is 24.3 Å². The Labute approximate surface area is 185 Å². The first kappa shape index (κ1) is 20.2. The molecular weight excluding hydrogens is 388 g/mol. The van der Waals surface area contributed by atoms with E-state index in [4.69, 9.17) is 4.74 Å². The van der Waals surface area contributed by atoms with E-state index in [1.165, 1.54) is 19.3 Å². The summed E-state index contributed by atoms with van der Waals surface area (Å²) in [4.78, 5) is 13.2. The first-order valence-corrected chi connectivity index (χ1v) is 12.3. The van der Waals surface area contributed by atoms with Crippen LogP contribution in [0, 0.1) is 39.9 Å². The summed E-state index contributed by atoms with van der Waals surface area (Å²) in [5, 5.41) is 22.6. The maximum absolute atomic E-state index is 13.2. The summed E-state index contributed by atoms with van der Waals surface area (Å²) >= 11 is 0. The molecule has 4 bridgehead atoms. The maximum atomic E-state index is 13.2. The van der Waals surface area contributed by atoms with Crippen molar-refractivity contribution >= 4 is 5.78 Å². The van der Waals surface area contributed by atoms with Crippen LogP contribution >= 0.6 is 0 Å². The average molecular weight is 425 g/mol. The topological polar surface area (TPSA) is 66.8 Å². The number of carbonyl (C=O) groups excluding carboxylic acids is 1. The number of ether oxygens (including phenoxy) is 1. The minimum Gasteiger partial charge on any atom is -0.508 e. The van der Waals surface area contributed by atoms with Crippen molar-refractivity contribution in [2.75, 3.05) is 7.11 Å². The number of carbonyl (C=O) groups is 1. The number of phenolic OH excluding ortho intramolecular Hbond substituents is 1. The first-order valence-electron chi connectivity index (χ1n) is 12.3. The molecule has 4 heteroatoms. The highest BCUT2D eigenvalue weighted by Gasteiger charge is 2.87. The van der Waals surface area contributed by atoms with Crippen molar-refractivity contribution in [2.24, 2.45) is 39.9 Å². The summed E-state index contributed by atoms with van der Waals surface area (Å²) in [6.45, 7) is 4.76. The molecule has 0 radical (unpaired) electrons. The van der Waals surface area contributed by atoms with E-state index < -0.39 is 5.60 Å². The Morgan fingerprint density at radius 1 is 1.13 bits per heavy atom. The van der Waals surface area contributed by atoms with Crippen molar-refractivity contribution in [1.29, 1.82) is 0 Å². The van der Waals surface area contributed by atoms with Crippen molar-refractivity contribution in [3.05, 3.63) is 29.8 Å². The minimum absolute atomic E-state index is 0.0390. The van der Waals surface area contributed by atoms with Crippen LogP contribution in [0.4, 0.5) is 0 Å². The number of ketones is 1. The van der Waals surface area contributed by atoms with Crippen LogP contribution in [0.5, 0.6) is 5.75 Å². The second-order valence-corrected chi connectivity index (χ2v) is 11.9. The second-order valence-electron chi connectivity index (χ2n) is 11.9. The third kappa shape index (κ3) is 2.04. The lowest BCUT2D eigenvalue weighted by Crippen LogP contribution is -2.63. The zero-order valence-electron chi connectivity index (χ0n) is 19.1. The van der Waals surface area contributed by atoms with Gasteiger partial charge in [-0.3, -0.25) is 4.79 Å². The molecule has 0 heterocycles. The molecular formula is C27H36O4. The number of phenols is 1. The van der Waals surface area contributed by atoms with Gasteiger partial charge in [0.15, 0.2) is 0 Å². The van der Waals surface area contributed by atoms with E-state index in [0.29, 0.717) is 24.0 Å². The molecule has 1 aromatic rings. The third-order valence-electron chi connectivity index (χ3n) is 11.7. The Bertz CT molecular complexity index is 943. The zero-order chi connectivity index (χ0) is 21.8. The van der Waals surface area contributed by atoms with Crippen LogP contribution < -0.4 is 0 Å². The number of hydrogen-bond acceptors (Lipinski definition) is 4. The van der Waals surface area contributed by atoms with Crippen LogP contribution in [0.2, 0.25) is 0 Å². The molecule has 6 rings (SSSR count). The van der Waals surface area contributed by atoms with Gasteiger partial charge in [0.05, 0.1) is 12.0 Å². The lowest BCUT2D eigenvalue weighted by molar-refractivity contribution is -0.221. The molecule has 0 amide bonds. The number of aliphatic hydroxyl groups is 1. The van der Waals surface area contributed by atoms with E-state index in [9.17, 15) is 15.0 Å². The molecule has 168 valence electrons. The third-order valence-corrected chi connectivity index (χ3v) is 11.7. The normalized spacial score (nSPS) is 52.3. The van der Waals surface area contributed by atoms with Gasteiger partial charge in [0, 0.05) is 18.9 Å². The van der Waals surface area contributed by atoms with E-state index in [1.807, 2.05) is 12.1 Å². The van der Waals surface area contributed by atoms with Crippen molar-refractivity contribution in [1.82, 2.24) is 0 Å². The molecule has 1 spiro atoms. The van der Waals surface area contributed by atoms with E-state index >= 15 is 0 Å². The number of methoxy groups -OCH3 is 1. The zero-order valence-corrected chi connectivity index (χ0v) is 19.1. The number of rotatable bonds is 3. The molecule has 9 atom stereocenters. The van der Waals surface area contributed by atoms with Gasteiger partial charge in [-0.05, 0) is 85.2 Å². The Morgan fingerprint density at radius 3 is 2.61 bits per heavy atom. The molecule has 0 aliphatic heterocycles. The molecule has 5 aliphatic carbocycles. The molecule has 0 saturated heterocycles. The average Bonchev–Trinajstić information content (AvgIpc) is 3.36. The van der Waals surface area contributed by atoms with Crippen LogP contribution in [-0.2, 0) is 16.0 Å². The fraction of sp³-hybridized carbons (Fsp3) is 0.741. The highest BCUT2D eigenvalue weighted by Crippen LogP contribution is 2.86. The Balaban J connectivity index is 1.39. The Kier molecular flexibility index (Phi) is 4.01. The van der Waals surface area contributed by atoms with Crippen LogP contribution in [0.1, 0.15) is 64.4 Å². The van der Waals surface area contributed by atoms with Crippen molar-refractivity contribution in [3.63, 3.8) is 0 Å². The molecule has 31 heavy (non-hydrogen) atoms. The first-order chi connectivity index (χ1) is 14.7. The molecule has 0 unspecified atom stereocenters. The monoisotopic (exact) mass is 424 g/mol. The molecule has 0 aromatic heterocycles. The largest absolute Gasteiger partial charge is 0.508 e. The SMILES string of the molecule is CO[C@H]1CC(=O)[C@@H]2[C@@H]3C[C@@H]4CC[C@]5(CC[C@@H](Cc6ccccc6O)C5)[C@]3(C)[C@@]4(C)[C@@]12O. The fourth-order valence-corrected chi connectivity index (χ4v) is 10.3. The van der Waals surface area contributed by atoms with E-state index in [1.54, 1.807) is 13.2 Å². The van der Waals surface area contributed by atoms with Gasteiger partial charge >= 0.3 is 0 Å². The molecule has 5 fully saturated rings. The smallest absolute Gasteiger partial charge is 0.141 e. The summed E-state index contributed by atoms with van der Waals surface area (Å²) in [5.41, 5.74) is -0.112. The predicted octanol–water partition coefficient (Wildman–Crippen LogP) is 4.51. The van der Waals surface area contributed by atoms with E-state index in [2.05, 4.69) is 19.9 Å². The summed E-state index contributed by atoms with van der Waals surface area (Å²) in [5.74, 6) is 1.68. The van der Waals surface area contributed by atoms with Gasteiger partial charge in [0.1, 0.15) is 17.1 Å². The highest BCUT2D eigenvalue weighted by atomic mass is 16.5. The number of aromatic hydroxyl groups is 1. The number of para-hydroxylation sites is 1. The molecule has 4 nitrogen and oxygen atoms in total. The summed E-state index contributed by atoms with van der Waals surface area (Å²) in [7, 11) is 1.67. The lowest BCUT2D eigenvalue weighted by atomic mass is 9.44. The van der Waals surface area contributed by atoms with Crippen molar-refractivity contribution in [2.45, 2.75) is 76.9 Å². The van der Waals surface area contributed by atoms with Crippen LogP contribution in [0.25, 0.3) is 0 Å². The standard InChI is InChI=1S/C27H36O4/c1-24-18-9-11-26(10-8-16(15-26)12-17-6-4-5-7-20(17)28)25(24,2)19(13-18)23-21(29)14-22(31-3)27(23,24)30/h4-7,16,18-19,22-23,28,30H,8-15H2,1-3H3/t16-,18-,19-,22-,23-,24-,25-,26-,27+/m0/s1.